The third-order valence-electron chi connectivity index (χ3n) is 4.70. The zero-order valence-electron chi connectivity index (χ0n) is 19.1. The molecule has 11 nitrogen and oxygen atoms in total. The molecule has 3 rings (SSSR count). The van der Waals surface area contributed by atoms with Crippen LogP contribution in [-0.2, 0) is 14.3 Å². The van der Waals surface area contributed by atoms with Crippen molar-refractivity contribution in [1.82, 2.24) is 15.4 Å². The Bertz CT molecular complexity index is 1060. The van der Waals surface area contributed by atoms with Crippen molar-refractivity contribution < 1.29 is 33.3 Å². The molecule has 11 heteroatoms. The fraction of sp³-hybridized carbons (Fsp3) is 0.318. The molecule has 0 aliphatic heterocycles. The summed E-state index contributed by atoms with van der Waals surface area (Å²) >= 11 is 0. The van der Waals surface area contributed by atoms with E-state index in [0.29, 0.717) is 45.5 Å². The highest BCUT2D eigenvalue weighted by Gasteiger charge is 2.21. The number of nitrogens with zero attached hydrogens (tertiary/aromatic N) is 3. The molecule has 0 atom stereocenters. The lowest BCUT2D eigenvalue weighted by Crippen LogP contribution is -2.31. The monoisotopic (exact) mass is 458 g/mol. The SMILES string of the molecule is COCCOC(=O)N(OC)c1cccc(-c2n[nH]nc2-c2cc(OC)c(OC)c(OC)c2)c1. The van der Waals surface area contributed by atoms with E-state index in [1.54, 1.807) is 44.6 Å². The molecule has 0 bridgehead atoms. The molecule has 0 radical (unpaired) electrons. The highest BCUT2D eigenvalue weighted by molar-refractivity contribution is 5.87. The van der Waals surface area contributed by atoms with E-state index < -0.39 is 6.09 Å². The predicted octanol–water partition coefficient (Wildman–Crippen LogP) is 3.32. The van der Waals surface area contributed by atoms with E-state index in [4.69, 9.17) is 28.5 Å². The van der Waals surface area contributed by atoms with Gasteiger partial charge in [0.15, 0.2) is 11.5 Å². The molecule has 1 N–H and O–H groups in total. The Kier molecular flexibility index (Phi) is 8.06. The summed E-state index contributed by atoms with van der Waals surface area (Å²) < 4.78 is 26.3. The Morgan fingerprint density at radius 2 is 1.55 bits per heavy atom. The van der Waals surface area contributed by atoms with Gasteiger partial charge in [-0.1, -0.05) is 12.1 Å². The van der Waals surface area contributed by atoms with Gasteiger partial charge in [-0.3, -0.25) is 4.84 Å². The summed E-state index contributed by atoms with van der Waals surface area (Å²) in [4.78, 5) is 17.6. The van der Waals surface area contributed by atoms with Gasteiger partial charge in [0.05, 0.1) is 40.7 Å². The minimum absolute atomic E-state index is 0.101. The van der Waals surface area contributed by atoms with Gasteiger partial charge in [0, 0.05) is 18.2 Å². The van der Waals surface area contributed by atoms with Crippen LogP contribution in [-0.4, -0.2) is 70.3 Å². The Labute approximate surface area is 191 Å². The molecule has 33 heavy (non-hydrogen) atoms. The van der Waals surface area contributed by atoms with E-state index in [0.717, 1.165) is 5.06 Å². The number of hydrogen-bond acceptors (Lipinski definition) is 9. The molecule has 2 aromatic carbocycles. The number of nitrogens with one attached hydrogen (secondary N) is 1. The van der Waals surface area contributed by atoms with Crippen molar-refractivity contribution in [3.05, 3.63) is 36.4 Å². The standard InChI is InChI=1S/C22H26N4O7/c1-28-9-10-33-22(27)26(32-5)16-8-6-7-14(11-16)19-20(24-25-23-19)15-12-17(29-2)21(31-4)18(13-15)30-3/h6-8,11-13H,9-10H2,1-5H3,(H,23,24,25). The maximum Gasteiger partial charge on any atom is 0.438 e. The second kappa shape index (κ2) is 11.2. The number of hydroxylamine groups is 1. The molecular weight excluding hydrogens is 432 g/mol. The maximum absolute atomic E-state index is 12.4. The first-order valence-corrected chi connectivity index (χ1v) is 9.89. The quantitative estimate of drug-likeness (QED) is 0.361. The van der Waals surface area contributed by atoms with Crippen LogP contribution in [0.1, 0.15) is 0 Å². The van der Waals surface area contributed by atoms with Crippen LogP contribution < -0.4 is 19.3 Å². The molecule has 0 aliphatic rings. The number of H-pyrrole nitrogens is 1. The lowest BCUT2D eigenvalue weighted by molar-refractivity contribution is 0.0747. The Morgan fingerprint density at radius 3 is 2.12 bits per heavy atom. The lowest BCUT2D eigenvalue weighted by Gasteiger charge is -2.19. The second-order valence-corrected chi connectivity index (χ2v) is 6.57. The molecule has 1 amide bonds. The smallest absolute Gasteiger partial charge is 0.438 e. The van der Waals surface area contributed by atoms with E-state index in [-0.39, 0.29) is 13.2 Å². The fourth-order valence-corrected chi connectivity index (χ4v) is 3.19. The zero-order chi connectivity index (χ0) is 23.8. The maximum atomic E-state index is 12.4. The van der Waals surface area contributed by atoms with E-state index in [1.807, 2.05) is 6.07 Å². The van der Waals surface area contributed by atoms with Crippen LogP contribution in [0.5, 0.6) is 17.2 Å². The number of amides is 1. The van der Waals surface area contributed by atoms with Gasteiger partial charge in [-0.15, -0.1) is 0 Å². The van der Waals surface area contributed by atoms with Crippen molar-refractivity contribution in [2.24, 2.45) is 0 Å². The third-order valence-corrected chi connectivity index (χ3v) is 4.70. The number of carbonyl (C=O) groups is 1. The van der Waals surface area contributed by atoms with Crippen LogP contribution in [0.2, 0.25) is 0 Å². The summed E-state index contributed by atoms with van der Waals surface area (Å²) in [5.74, 6) is 1.44. The minimum Gasteiger partial charge on any atom is -0.493 e. The van der Waals surface area contributed by atoms with Crippen LogP contribution in [0.4, 0.5) is 10.5 Å². The van der Waals surface area contributed by atoms with Crippen molar-refractivity contribution in [3.8, 4) is 39.8 Å². The lowest BCUT2D eigenvalue weighted by atomic mass is 10.0. The summed E-state index contributed by atoms with van der Waals surface area (Å²) in [6.45, 7) is 0.379. The molecule has 0 spiro atoms. The van der Waals surface area contributed by atoms with Gasteiger partial charge >= 0.3 is 6.09 Å². The average Bonchev–Trinajstić information content (AvgIpc) is 3.34. The summed E-state index contributed by atoms with van der Waals surface area (Å²) in [6.07, 6.45) is -0.670. The van der Waals surface area contributed by atoms with Crippen LogP contribution in [0.3, 0.4) is 0 Å². The second-order valence-electron chi connectivity index (χ2n) is 6.57. The van der Waals surface area contributed by atoms with Crippen LogP contribution in [0, 0.1) is 0 Å². The van der Waals surface area contributed by atoms with E-state index in [2.05, 4.69) is 15.4 Å². The molecule has 1 aromatic heterocycles. The summed E-state index contributed by atoms with van der Waals surface area (Å²) in [5.41, 5.74) is 2.95. The van der Waals surface area contributed by atoms with Crippen molar-refractivity contribution in [2.75, 3.05) is 53.8 Å². The summed E-state index contributed by atoms with van der Waals surface area (Å²) in [6, 6.07) is 10.6. The number of ether oxygens (including phenoxy) is 5. The largest absolute Gasteiger partial charge is 0.493 e. The topological polar surface area (TPSA) is 117 Å². The number of benzene rings is 2. The normalized spacial score (nSPS) is 10.6. The van der Waals surface area contributed by atoms with Gasteiger partial charge in [-0.05, 0) is 24.3 Å². The fourth-order valence-electron chi connectivity index (χ4n) is 3.19. The first-order chi connectivity index (χ1) is 16.1. The average molecular weight is 458 g/mol. The molecule has 0 fully saturated rings. The summed E-state index contributed by atoms with van der Waals surface area (Å²) in [7, 11) is 7.52. The number of hydrogen-bond donors (Lipinski definition) is 1. The number of aromatic amines is 1. The highest BCUT2D eigenvalue weighted by atomic mass is 16.7. The van der Waals surface area contributed by atoms with Crippen LogP contribution in [0.15, 0.2) is 36.4 Å². The van der Waals surface area contributed by atoms with Crippen LogP contribution in [0.25, 0.3) is 22.5 Å². The van der Waals surface area contributed by atoms with Crippen molar-refractivity contribution >= 4 is 11.8 Å². The predicted molar refractivity (Wildman–Crippen MR) is 120 cm³/mol. The number of rotatable bonds is 10. The minimum atomic E-state index is -0.670. The number of aromatic nitrogens is 3. The van der Waals surface area contributed by atoms with Crippen molar-refractivity contribution in [1.29, 1.82) is 0 Å². The van der Waals surface area contributed by atoms with E-state index in [1.165, 1.54) is 21.3 Å². The Morgan fingerprint density at radius 1 is 0.879 bits per heavy atom. The molecule has 0 saturated heterocycles. The summed E-state index contributed by atoms with van der Waals surface area (Å²) in [5, 5.41) is 12.3. The van der Waals surface area contributed by atoms with Gasteiger partial charge < -0.3 is 23.7 Å². The highest BCUT2D eigenvalue weighted by Crippen LogP contribution is 2.42. The number of carbonyl (C=O) groups excluding carboxylic acids is 1. The van der Waals surface area contributed by atoms with Gasteiger partial charge in [0.1, 0.15) is 18.0 Å². The van der Waals surface area contributed by atoms with Gasteiger partial charge in [0.2, 0.25) is 5.75 Å². The van der Waals surface area contributed by atoms with E-state index in [9.17, 15) is 4.79 Å². The first-order valence-electron chi connectivity index (χ1n) is 9.89. The van der Waals surface area contributed by atoms with Gasteiger partial charge in [-0.25, -0.2) is 4.79 Å². The molecule has 176 valence electrons. The first kappa shape index (κ1) is 23.8. The zero-order valence-corrected chi connectivity index (χ0v) is 19.1. The van der Waals surface area contributed by atoms with Gasteiger partial charge in [-0.2, -0.15) is 20.5 Å². The van der Waals surface area contributed by atoms with E-state index >= 15 is 0 Å². The third kappa shape index (κ3) is 5.16. The Hall–Kier alpha value is -3.83. The molecule has 1 heterocycles. The van der Waals surface area contributed by atoms with Crippen molar-refractivity contribution in [3.63, 3.8) is 0 Å². The number of anilines is 1. The molecule has 0 aliphatic carbocycles. The van der Waals surface area contributed by atoms with Crippen LogP contribution >= 0.6 is 0 Å². The Balaban J connectivity index is 1.98. The van der Waals surface area contributed by atoms with Crippen molar-refractivity contribution in [2.45, 2.75) is 0 Å². The molecule has 3 aromatic rings. The van der Waals surface area contributed by atoms with Gasteiger partial charge in [0.25, 0.3) is 0 Å². The molecule has 0 unspecified atom stereocenters. The molecule has 0 saturated carbocycles. The molecular formula is C22H26N4O7. The number of methoxy groups -OCH3 is 4.